The molecule has 4 aromatic carbocycles. The maximum atomic E-state index is 14.0. The average molecular weight is 631 g/mol. The number of anilines is 3. The van der Waals surface area contributed by atoms with Crippen LogP contribution >= 0.6 is 0 Å². The smallest absolute Gasteiger partial charge is 0.258 e. The number of likely N-dealkylation sites (N-methyl/N-ethyl adjacent to an activating group) is 1. The number of hydrazine groups is 1. The summed E-state index contributed by atoms with van der Waals surface area (Å²) in [7, 11) is 4.09. The van der Waals surface area contributed by atoms with Gasteiger partial charge in [0.1, 0.15) is 0 Å². The van der Waals surface area contributed by atoms with E-state index in [2.05, 4.69) is 5.32 Å². The van der Waals surface area contributed by atoms with Gasteiger partial charge >= 0.3 is 0 Å². The largest absolute Gasteiger partial charge is 0.322 e. The van der Waals surface area contributed by atoms with Crippen molar-refractivity contribution >= 4 is 40.6 Å². The molecule has 0 bridgehead atoms. The lowest BCUT2D eigenvalue weighted by atomic mass is 9.98. The second kappa shape index (κ2) is 12.9. The number of aryl methyl sites for hydroxylation is 1. The molecular formula is C38H40N5O4+. The maximum absolute atomic E-state index is 14.0. The van der Waals surface area contributed by atoms with Gasteiger partial charge in [-0.05, 0) is 60.5 Å². The molecule has 9 nitrogen and oxygen atoms in total. The molecule has 0 aromatic heterocycles. The molecule has 4 aromatic rings. The fourth-order valence-corrected chi connectivity index (χ4v) is 6.52. The first-order valence-electron chi connectivity index (χ1n) is 15.9. The molecule has 1 atom stereocenters. The van der Waals surface area contributed by atoms with Gasteiger partial charge in [0.05, 0.1) is 45.1 Å². The highest BCUT2D eigenvalue weighted by Crippen LogP contribution is 2.36. The Labute approximate surface area is 275 Å². The van der Waals surface area contributed by atoms with Gasteiger partial charge in [-0.1, -0.05) is 60.2 Å². The van der Waals surface area contributed by atoms with Crippen molar-refractivity contribution in [2.45, 2.75) is 26.3 Å². The second-order valence-electron chi connectivity index (χ2n) is 12.9. The van der Waals surface area contributed by atoms with Crippen molar-refractivity contribution in [2.24, 2.45) is 0 Å². The normalized spacial score (nSPS) is 17.9. The van der Waals surface area contributed by atoms with Crippen LogP contribution in [0.4, 0.5) is 17.1 Å². The molecule has 9 heteroatoms. The Morgan fingerprint density at radius 2 is 1.47 bits per heavy atom. The molecule has 0 spiro atoms. The summed E-state index contributed by atoms with van der Waals surface area (Å²) in [5.74, 6) is -0.520. The zero-order chi connectivity index (χ0) is 33.3. The lowest BCUT2D eigenvalue weighted by Crippen LogP contribution is -2.67. The molecule has 2 heterocycles. The third kappa shape index (κ3) is 6.45. The summed E-state index contributed by atoms with van der Waals surface area (Å²) in [6.07, 6.45) is 0.133. The summed E-state index contributed by atoms with van der Waals surface area (Å²) in [6.45, 7) is 5.57. The van der Waals surface area contributed by atoms with E-state index in [1.807, 2.05) is 92.8 Å². The number of nitrogens with zero attached hydrogens (tertiary/aromatic N) is 4. The quantitative estimate of drug-likeness (QED) is 0.282. The van der Waals surface area contributed by atoms with Crippen molar-refractivity contribution in [1.82, 2.24) is 5.01 Å². The number of Topliss-reactive ketones (excluding diaryl/α,β-unsaturated/α-hetero) is 1. The van der Waals surface area contributed by atoms with Crippen LogP contribution in [0.5, 0.6) is 0 Å². The number of ketones is 1. The van der Waals surface area contributed by atoms with Crippen molar-refractivity contribution in [3.8, 4) is 11.1 Å². The third-order valence-electron chi connectivity index (χ3n) is 9.27. The predicted octanol–water partition coefficient (Wildman–Crippen LogP) is 5.56. The van der Waals surface area contributed by atoms with Crippen molar-refractivity contribution in [3.63, 3.8) is 0 Å². The Morgan fingerprint density at radius 1 is 0.809 bits per heavy atom. The zero-order valence-corrected chi connectivity index (χ0v) is 27.3. The van der Waals surface area contributed by atoms with Crippen LogP contribution in [0.2, 0.25) is 0 Å². The first kappa shape index (κ1) is 31.8. The highest BCUT2D eigenvalue weighted by Gasteiger charge is 2.43. The van der Waals surface area contributed by atoms with Crippen LogP contribution in [0.15, 0.2) is 97.1 Å². The first-order valence-corrected chi connectivity index (χ1v) is 15.9. The fourth-order valence-electron chi connectivity index (χ4n) is 6.52. The van der Waals surface area contributed by atoms with Gasteiger partial charge in [-0.3, -0.25) is 19.2 Å². The van der Waals surface area contributed by atoms with E-state index in [1.54, 1.807) is 47.2 Å². The van der Waals surface area contributed by atoms with Crippen LogP contribution < -0.4 is 15.2 Å². The van der Waals surface area contributed by atoms with Crippen molar-refractivity contribution in [3.05, 3.63) is 114 Å². The summed E-state index contributed by atoms with van der Waals surface area (Å²) >= 11 is 0. The topological polar surface area (TPSA) is 90.0 Å². The highest BCUT2D eigenvalue weighted by molar-refractivity contribution is 6.12. The average Bonchev–Trinajstić information content (AvgIpc) is 3.21. The number of hydrogen-bond donors (Lipinski definition) is 1. The van der Waals surface area contributed by atoms with E-state index in [1.165, 1.54) is 0 Å². The Balaban J connectivity index is 1.21. The number of piperazine rings is 1. The van der Waals surface area contributed by atoms with E-state index in [4.69, 9.17) is 0 Å². The molecule has 3 amide bonds. The maximum Gasteiger partial charge on any atom is 0.258 e. The van der Waals surface area contributed by atoms with E-state index in [0.717, 1.165) is 16.7 Å². The number of fused-ring (bicyclic) bond motifs is 1. The van der Waals surface area contributed by atoms with Crippen molar-refractivity contribution in [2.75, 3.05) is 55.5 Å². The Hall–Kier alpha value is -5.12. The zero-order valence-electron chi connectivity index (χ0n) is 27.3. The standard InChI is InChI=1S/C38H39N5O4/c1-26-13-15-28(16-14-26)31-9-5-6-10-32(31)37(46)39-30-19-17-29(18-20-30)38(47)41-22-21-36(45)42(34-12-8-7-11-33(34)41)40-23-24-43(3,4)35(25-40)27(2)44/h5-20,35H,21-25H2,1-4H3/p+1. The number of rotatable bonds is 6. The molecule has 0 saturated carbocycles. The van der Waals surface area contributed by atoms with E-state index < -0.39 is 0 Å². The van der Waals surface area contributed by atoms with Crippen LogP contribution in [-0.2, 0) is 9.59 Å². The van der Waals surface area contributed by atoms with Gasteiger partial charge in [-0.15, -0.1) is 0 Å². The third-order valence-corrected chi connectivity index (χ3v) is 9.27. The van der Waals surface area contributed by atoms with E-state index in [-0.39, 0.29) is 42.5 Å². The molecule has 47 heavy (non-hydrogen) atoms. The van der Waals surface area contributed by atoms with Crippen LogP contribution in [0, 0.1) is 6.92 Å². The van der Waals surface area contributed by atoms with Crippen LogP contribution in [0.3, 0.4) is 0 Å². The van der Waals surface area contributed by atoms with E-state index in [9.17, 15) is 19.2 Å². The molecule has 2 aliphatic heterocycles. The Morgan fingerprint density at radius 3 is 2.17 bits per heavy atom. The van der Waals surface area contributed by atoms with Gasteiger partial charge in [0.15, 0.2) is 11.8 Å². The highest BCUT2D eigenvalue weighted by atomic mass is 16.2. The Kier molecular flexibility index (Phi) is 8.77. The van der Waals surface area contributed by atoms with Gasteiger partial charge in [-0.2, -0.15) is 0 Å². The SMILES string of the molecule is CC(=O)C1CN(N2C(=O)CCN(C(=O)c3ccc(NC(=O)c4ccccc4-c4ccc(C)cc4)cc3)c3ccccc32)CC[N+]1(C)C. The van der Waals surface area contributed by atoms with Gasteiger partial charge in [0.2, 0.25) is 5.91 Å². The Bertz CT molecular complexity index is 1830. The molecule has 6 rings (SSSR count). The summed E-state index contributed by atoms with van der Waals surface area (Å²) in [4.78, 5) is 55.1. The summed E-state index contributed by atoms with van der Waals surface area (Å²) in [5.41, 5.74) is 5.75. The van der Waals surface area contributed by atoms with Gasteiger partial charge < -0.3 is 14.7 Å². The van der Waals surface area contributed by atoms with Crippen LogP contribution in [0.25, 0.3) is 11.1 Å². The summed E-state index contributed by atoms with van der Waals surface area (Å²) in [5, 5.41) is 6.60. The van der Waals surface area contributed by atoms with Gasteiger partial charge in [0, 0.05) is 36.7 Å². The number of amides is 3. The van der Waals surface area contributed by atoms with Crippen molar-refractivity contribution < 1.29 is 23.7 Å². The number of para-hydroxylation sites is 2. The minimum absolute atomic E-state index is 0.0853. The first-order chi connectivity index (χ1) is 22.5. The van der Waals surface area contributed by atoms with Crippen LogP contribution in [-0.4, -0.2) is 79.3 Å². The molecule has 1 saturated heterocycles. The molecule has 2 aliphatic rings. The summed E-state index contributed by atoms with van der Waals surface area (Å²) < 4.78 is 0.565. The lowest BCUT2D eigenvalue weighted by molar-refractivity contribution is -0.910. The predicted molar refractivity (Wildman–Crippen MR) is 184 cm³/mol. The summed E-state index contributed by atoms with van der Waals surface area (Å²) in [6, 6.07) is 29.5. The molecule has 1 N–H and O–H groups in total. The van der Waals surface area contributed by atoms with Crippen LogP contribution in [0.1, 0.15) is 39.6 Å². The molecule has 0 aliphatic carbocycles. The molecule has 1 unspecified atom stereocenters. The van der Waals surface area contributed by atoms with Gasteiger partial charge in [-0.25, -0.2) is 10.0 Å². The molecular weight excluding hydrogens is 590 g/mol. The number of carbonyl (C=O) groups is 4. The number of hydrogen-bond acceptors (Lipinski definition) is 5. The molecule has 1 fully saturated rings. The number of quaternary nitrogens is 1. The van der Waals surface area contributed by atoms with E-state index >= 15 is 0 Å². The second-order valence-corrected chi connectivity index (χ2v) is 12.9. The minimum Gasteiger partial charge on any atom is -0.322 e. The van der Waals surface area contributed by atoms with E-state index in [0.29, 0.717) is 52.3 Å². The lowest BCUT2D eigenvalue weighted by Gasteiger charge is -2.47. The molecule has 240 valence electrons. The molecule has 0 radical (unpaired) electrons. The number of benzene rings is 4. The number of carbonyl (C=O) groups excluding carboxylic acids is 4. The fraction of sp³-hybridized carbons (Fsp3) is 0.263. The number of nitrogens with one attached hydrogen (secondary N) is 1. The minimum atomic E-state index is -0.264. The van der Waals surface area contributed by atoms with Gasteiger partial charge in [0.25, 0.3) is 11.8 Å². The monoisotopic (exact) mass is 630 g/mol. The van der Waals surface area contributed by atoms with Crippen molar-refractivity contribution in [1.29, 1.82) is 0 Å².